The second-order valence-electron chi connectivity index (χ2n) is 3.43. The Labute approximate surface area is 89.5 Å². The van der Waals surface area contributed by atoms with Gasteiger partial charge in [0, 0.05) is 13.2 Å². The normalized spacial score (nSPS) is 17.0. The van der Waals surface area contributed by atoms with E-state index in [1.54, 1.807) is 0 Å². The summed E-state index contributed by atoms with van der Waals surface area (Å²) in [6.07, 6.45) is 0. The lowest BCUT2D eigenvalue weighted by molar-refractivity contribution is 0.0893. The van der Waals surface area contributed by atoms with Gasteiger partial charge >= 0.3 is 0 Å². The van der Waals surface area contributed by atoms with Gasteiger partial charge < -0.3 is 15.4 Å². The van der Waals surface area contributed by atoms with E-state index in [2.05, 4.69) is 0 Å². The van der Waals surface area contributed by atoms with E-state index in [0.29, 0.717) is 6.61 Å². The number of nitrogens with two attached hydrogens (primary N) is 1. The Balaban J connectivity index is 2.53. The van der Waals surface area contributed by atoms with Gasteiger partial charge in [-0.25, -0.2) is 0 Å². The lowest BCUT2D eigenvalue weighted by Crippen LogP contribution is -2.23. The zero-order chi connectivity index (χ0) is 11.3. The van der Waals surface area contributed by atoms with E-state index < -0.39 is 13.2 Å². The van der Waals surface area contributed by atoms with Crippen molar-refractivity contribution < 1.29 is 14.2 Å². The summed E-state index contributed by atoms with van der Waals surface area (Å²) in [6, 6.07) is 9.47. The highest BCUT2D eigenvalue weighted by Gasteiger charge is 2.24. The zero-order valence-corrected chi connectivity index (χ0v) is 9.56. The van der Waals surface area contributed by atoms with Crippen LogP contribution in [0.5, 0.6) is 0 Å². The van der Waals surface area contributed by atoms with Gasteiger partial charge in [0.1, 0.15) is 5.85 Å². The Morgan fingerprint density at radius 2 is 2.07 bits per heavy atom. The molecule has 0 heterocycles. The Morgan fingerprint density at radius 3 is 2.53 bits per heavy atom. The maximum absolute atomic E-state index is 11.3. The molecule has 3 N–H and O–H groups in total. The first-order valence-corrected chi connectivity index (χ1v) is 6.87. The van der Waals surface area contributed by atoms with Gasteiger partial charge in [-0.15, -0.1) is 0 Å². The first-order chi connectivity index (χ1) is 7.04. The van der Waals surface area contributed by atoms with Gasteiger partial charge in [-0.3, -0.25) is 4.57 Å². The van der Waals surface area contributed by atoms with Gasteiger partial charge in [0.05, 0.1) is 6.61 Å². The summed E-state index contributed by atoms with van der Waals surface area (Å²) in [5.41, 5.74) is 6.33. The molecule has 0 aromatic heterocycles. The zero-order valence-electron chi connectivity index (χ0n) is 8.67. The summed E-state index contributed by atoms with van der Waals surface area (Å²) in [4.78, 5) is 9.31. The number of ether oxygens (including phenoxy) is 1. The van der Waals surface area contributed by atoms with E-state index in [0.717, 1.165) is 5.56 Å². The number of hydrogen-bond acceptors (Lipinski definition) is 3. The molecule has 0 fully saturated rings. The second kappa shape index (κ2) is 5.42. The maximum Gasteiger partial charge on any atom is 0.226 e. The quantitative estimate of drug-likeness (QED) is 0.748. The van der Waals surface area contributed by atoms with Crippen LogP contribution in [0.2, 0.25) is 0 Å². The van der Waals surface area contributed by atoms with Crippen LogP contribution in [0.15, 0.2) is 30.3 Å². The predicted molar refractivity (Wildman–Crippen MR) is 59.8 cm³/mol. The monoisotopic (exact) mass is 229 g/mol. The Hall–Kier alpha value is -0.670. The van der Waals surface area contributed by atoms with Gasteiger partial charge in [0.2, 0.25) is 7.37 Å². The molecule has 0 amide bonds. The molecule has 0 saturated carbocycles. The molecule has 1 aromatic carbocycles. The third kappa shape index (κ3) is 4.14. The summed E-state index contributed by atoms with van der Waals surface area (Å²) in [7, 11) is -3.26. The van der Waals surface area contributed by atoms with Gasteiger partial charge in [-0.2, -0.15) is 0 Å². The van der Waals surface area contributed by atoms with E-state index >= 15 is 0 Å². The third-order valence-electron chi connectivity index (χ3n) is 2.02. The van der Waals surface area contributed by atoms with E-state index in [4.69, 9.17) is 10.5 Å². The molecule has 1 rings (SSSR count). The standard InChI is InChI=1S/C10H16NO3P/c1-15(12,13)10(7-11)14-8-9-5-3-2-4-6-9/h2-6,10H,7-8,11H2,1H3,(H,12,13). The van der Waals surface area contributed by atoms with E-state index in [9.17, 15) is 9.46 Å². The Morgan fingerprint density at radius 1 is 1.47 bits per heavy atom. The first kappa shape index (κ1) is 12.4. The summed E-state index contributed by atoms with van der Waals surface area (Å²) >= 11 is 0. The Kier molecular flexibility index (Phi) is 4.48. The van der Waals surface area contributed by atoms with Crippen molar-refractivity contribution in [2.45, 2.75) is 12.5 Å². The van der Waals surface area contributed by atoms with Gasteiger partial charge in [0.25, 0.3) is 0 Å². The molecule has 0 aliphatic carbocycles. The van der Waals surface area contributed by atoms with Crippen LogP contribution >= 0.6 is 7.37 Å². The van der Waals surface area contributed by atoms with Crippen molar-refractivity contribution in [3.8, 4) is 0 Å². The third-order valence-corrected chi connectivity index (χ3v) is 3.45. The van der Waals surface area contributed by atoms with Crippen LogP contribution in [0, 0.1) is 0 Å². The largest absolute Gasteiger partial charge is 0.362 e. The van der Waals surface area contributed by atoms with Crippen molar-refractivity contribution in [1.82, 2.24) is 0 Å². The van der Waals surface area contributed by atoms with Gasteiger partial charge in [-0.05, 0) is 5.56 Å². The van der Waals surface area contributed by atoms with Crippen molar-refractivity contribution in [3.05, 3.63) is 35.9 Å². The molecule has 0 aliphatic heterocycles. The molecule has 1 aromatic rings. The summed E-state index contributed by atoms with van der Waals surface area (Å²) in [5, 5.41) is 0. The summed E-state index contributed by atoms with van der Waals surface area (Å²) < 4.78 is 16.6. The lowest BCUT2D eigenvalue weighted by Gasteiger charge is -2.18. The molecule has 84 valence electrons. The number of benzene rings is 1. The van der Waals surface area contributed by atoms with Crippen LogP contribution in [0.4, 0.5) is 0 Å². The van der Waals surface area contributed by atoms with Crippen molar-refractivity contribution in [2.24, 2.45) is 5.73 Å². The molecule has 15 heavy (non-hydrogen) atoms. The van der Waals surface area contributed by atoms with E-state index in [1.165, 1.54) is 6.66 Å². The Bertz CT molecular complexity index is 336. The molecule has 0 saturated heterocycles. The number of hydrogen-bond donors (Lipinski definition) is 2. The lowest BCUT2D eigenvalue weighted by atomic mass is 10.2. The molecule has 2 unspecified atom stereocenters. The van der Waals surface area contributed by atoms with Crippen LogP contribution in [0.1, 0.15) is 5.56 Å². The SMILES string of the molecule is CP(=O)(O)C(CN)OCc1ccccc1. The highest BCUT2D eigenvalue weighted by atomic mass is 31.2. The molecule has 5 heteroatoms. The minimum Gasteiger partial charge on any atom is -0.362 e. The molecule has 0 spiro atoms. The topological polar surface area (TPSA) is 72.5 Å². The smallest absolute Gasteiger partial charge is 0.226 e. The number of rotatable bonds is 5. The fraction of sp³-hybridized carbons (Fsp3) is 0.400. The van der Waals surface area contributed by atoms with Crippen molar-refractivity contribution >= 4 is 7.37 Å². The minimum absolute atomic E-state index is 0.0527. The second-order valence-corrected chi connectivity index (χ2v) is 5.89. The molecule has 4 nitrogen and oxygen atoms in total. The van der Waals surface area contributed by atoms with Crippen LogP contribution in [-0.2, 0) is 15.9 Å². The predicted octanol–water partition coefficient (Wildman–Crippen LogP) is 1.39. The fourth-order valence-corrected chi connectivity index (χ4v) is 1.91. The van der Waals surface area contributed by atoms with Crippen molar-refractivity contribution in [3.63, 3.8) is 0 Å². The van der Waals surface area contributed by atoms with Gasteiger partial charge in [-0.1, -0.05) is 30.3 Å². The maximum atomic E-state index is 11.3. The van der Waals surface area contributed by atoms with Crippen molar-refractivity contribution in [1.29, 1.82) is 0 Å². The molecule has 0 aliphatic rings. The first-order valence-electron chi connectivity index (χ1n) is 4.69. The van der Waals surface area contributed by atoms with Crippen LogP contribution in [0.25, 0.3) is 0 Å². The van der Waals surface area contributed by atoms with E-state index in [1.807, 2.05) is 30.3 Å². The van der Waals surface area contributed by atoms with Crippen LogP contribution < -0.4 is 5.73 Å². The highest BCUT2D eigenvalue weighted by Crippen LogP contribution is 2.42. The van der Waals surface area contributed by atoms with Gasteiger partial charge in [0.15, 0.2) is 0 Å². The minimum atomic E-state index is -3.26. The fourth-order valence-electron chi connectivity index (χ4n) is 1.17. The average Bonchev–Trinajstić information content (AvgIpc) is 2.18. The van der Waals surface area contributed by atoms with Crippen molar-refractivity contribution in [2.75, 3.05) is 13.2 Å². The molecular weight excluding hydrogens is 213 g/mol. The molecule has 0 bridgehead atoms. The average molecular weight is 229 g/mol. The summed E-state index contributed by atoms with van der Waals surface area (Å²) in [5.74, 6) is -0.780. The molecule has 2 atom stereocenters. The highest BCUT2D eigenvalue weighted by molar-refractivity contribution is 7.57. The van der Waals surface area contributed by atoms with Crippen LogP contribution in [0.3, 0.4) is 0 Å². The molecule has 0 radical (unpaired) electrons. The summed E-state index contributed by atoms with van der Waals surface area (Å²) in [6.45, 7) is 1.62. The van der Waals surface area contributed by atoms with Crippen LogP contribution in [-0.4, -0.2) is 23.9 Å². The molecular formula is C10H16NO3P. The van der Waals surface area contributed by atoms with E-state index in [-0.39, 0.29) is 6.54 Å².